The number of hydrogen-bond donors (Lipinski definition) is 2. The molecule has 96 valence electrons. The molecular weight excluding hydrogens is 216 g/mol. The van der Waals surface area contributed by atoms with Crippen molar-refractivity contribution in [2.75, 3.05) is 13.2 Å². The van der Waals surface area contributed by atoms with E-state index in [1.165, 1.54) is 32.1 Å². The highest BCUT2D eigenvalue weighted by atomic mass is 16.6. The van der Waals surface area contributed by atoms with E-state index in [9.17, 15) is 4.79 Å². The smallest absolute Gasteiger partial charge is 0.223 e. The van der Waals surface area contributed by atoms with Crippen LogP contribution in [0.5, 0.6) is 0 Å². The molecule has 0 saturated heterocycles. The Balaban J connectivity index is 1.61. The van der Waals surface area contributed by atoms with Crippen molar-refractivity contribution in [3.8, 4) is 0 Å². The molecule has 4 nitrogen and oxygen atoms in total. The normalized spacial score (nSPS) is 42.8. The summed E-state index contributed by atoms with van der Waals surface area (Å²) in [6.45, 7) is 0.942. The molecule has 4 aliphatic rings. The summed E-state index contributed by atoms with van der Waals surface area (Å²) in [5.74, 6) is 8.65. The molecule has 0 heterocycles. The summed E-state index contributed by atoms with van der Waals surface area (Å²) in [4.78, 5) is 16.7. The monoisotopic (exact) mass is 238 g/mol. The maximum absolute atomic E-state index is 12.2. The van der Waals surface area contributed by atoms with Crippen molar-refractivity contribution in [1.29, 1.82) is 0 Å². The van der Waals surface area contributed by atoms with Crippen LogP contribution < -0.4 is 11.2 Å². The van der Waals surface area contributed by atoms with Crippen LogP contribution in [0.4, 0.5) is 0 Å². The van der Waals surface area contributed by atoms with E-state index in [4.69, 9.17) is 5.90 Å². The van der Waals surface area contributed by atoms with Crippen molar-refractivity contribution in [2.24, 2.45) is 35.5 Å². The average Bonchev–Trinajstić information content (AvgIpc) is 2.27. The first kappa shape index (κ1) is 11.5. The van der Waals surface area contributed by atoms with Gasteiger partial charge in [-0.25, -0.2) is 5.90 Å². The van der Waals surface area contributed by atoms with E-state index in [-0.39, 0.29) is 11.8 Å². The van der Waals surface area contributed by atoms with Crippen molar-refractivity contribution in [3.05, 3.63) is 0 Å². The molecule has 0 spiro atoms. The summed E-state index contributed by atoms with van der Waals surface area (Å²) in [5.41, 5.74) is 0. The van der Waals surface area contributed by atoms with Crippen molar-refractivity contribution < 1.29 is 9.63 Å². The minimum Gasteiger partial charge on any atom is -0.353 e. The molecule has 0 unspecified atom stereocenters. The van der Waals surface area contributed by atoms with Gasteiger partial charge < -0.3 is 10.2 Å². The fraction of sp³-hybridized carbons (Fsp3) is 0.923. The Bertz CT molecular complexity index is 278. The van der Waals surface area contributed by atoms with E-state index in [1.54, 1.807) is 0 Å². The lowest BCUT2D eigenvalue weighted by molar-refractivity contribution is -0.138. The van der Waals surface area contributed by atoms with Crippen LogP contribution >= 0.6 is 0 Å². The van der Waals surface area contributed by atoms with Crippen LogP contribution in [0.2, 0.25) is 0 Å². The molecule has 4 heteroatoms. The maximum atomic E-state index is 12.2. The first-order chi connectivity index (χ1) is 8.28. The second kappa shape index (κ2) is 4.58. The predicted molar refractivity (Wildman–Crippen MR) is 63.7 cm³/mol. The van der Waals surface area contributed by atoms with Crippen LogP contribution in [0, 0.1) is 29.6 Å². The fourth-order valence-corrected chi connectivity index (χ4v) is 4.70. The fourth-order valence-electron chi connectivity index (χ4n) is 4.70. The van der Waals surface area contributed by atoms with Gasteiger partial charge in [0, 0.05) is 12.5 Å². The zero-order valence-corrected chi connectivity index (χ0v) is 10.2. The number of hydrogen-bond acceptors (Lipinski definition) is 3. The number of nitrogens with two attached hydrogens (primary N) is 1. The van der Waals surface area contributed by atoms with Crippen molar-refractivity contribution in [1.82, 2.24) is 5.32 Å². The van der Waals surface area contributed by atoms with Gasteiger partial charge in [0.15, 0.2) is 0 Å². The summed E-state index contributed by atoms with van der Waals surface area (Å²) in [7, 11) is 0. The molecule has 0 aromatic heterocycles. The van der Waals surface area contributed by atoms with Crippen LogP contribution in [0.25, 0.3) is 0 Å². The lowest BCUT2D eigenvalue weighted by Gasteiger charge is -2.53. The molecule has 4 fully saturated rings. The standard InChI is InChI=1S/C13H22N2O2/c14-17-2-1-15-13(16)12-10-4-8-3-9(6-10)7-11(12)5-8/h8-12H,1-7,14H2,(H,15,16). The molecule has 17 heavy (non-hydrogen) atoms. The van der Waals surface area contributed by atoms with E-state index in [0.29, 0.717) is 25.0 Å². The SMILES string of the molecule is NOCCNC(=O)C1C2CC3CC(C2)CC1C3. The summed E-state index contributed by atoms with van der Waals surface area (Å²) in [5, 5.41) is 2.97. The second-order valence-electron chi connectivity index (χ2n) is 6.12. The topological polar surface area (TPSA) is 64.3 Å². The van der Waals surface area contributed by atoms with Crippen LogP contribution in [0.1, 0.15) is 32.1 Å². The molecule has 1 amide bonds. The highest BCUT2D eigenvalue weighted by molar-refractivity contribution is 5.79. The van der Waals surface area contributed by atoms with E-state index in [0.717, 1.165) is 11.8 Å². The first-order valence-corrected chi connectivity index (χ1v) is 6.87. The van der Waals surface area contributed by atoms with Crippen molar-refractivity contribution in [3.63, 3.8) is 0 Å². The van der Waals surface area contributed by atoms with Gasteiger partial charge in [-0.05, 0) is 55.8 Å². The summed E-state index contributed by atoms with van der Waals surface area (Å²) in [6.07, 6.45) is 6.59. The highest BCUT2D eigenvalue weighted by Gasteiger charge is 2.50. The molecule has 4 aliphatic carbocycles. The Kier molecular flexibility index (Phi) is 3.09. The molecule has 4 saturated carbocycles. The average molecular weight is 238 g/mol. The lowest BCUT2D eigenvalue weighted by Crippen LogP contribution is -2.51. The number of carbonyl (C=O) groups excluding carboxylic acids is 1. The Morgan fingerprint density at radius 3 is 2.24 bits per heavy atom. The van der Waals surface area contributed by atoms with E-state index in [2.05, 4.69) is 10.2 Å². The molecule has 3 N–H and O–H groups in total. The lowest BCUT2D eigenvalue weighted by atomic mass is 9.51. The third-order valence-corrected chi connectivity index (χ3v) is 5.05. The predicted octanol–water partition coefficient (Wildman–Crippen LogP) is 1.07. The van der Waals surface area contributed by atoms with E-state index in [1.807, 2.05) is 0 Å². The van der Waals surface area contributed by atoms with Gasteiger partial charge in [-0.3, -0.25) is 4.79 Å². The number of nitrogens with one attached hydrogen (secondary N) is 1. The van der Waals surface area contributed by atoms with Gasteiger partial charge in [-0.2, -0.15) is 0 Å². The van der Waals surface area contributed by atoms with E-state index >= 15 is 0 Å². The van der Waals surface area contributed by atoms with Crippen LogP contribution in [0.3, 0.4) is 0 Å². The highest BCUT2D eigenvalue weighted by Crippen LogP contribution is 2.56. The zero-order valence-electron chi connectivity index (χ0n) is 10.2. The Hall–Kier alpha value is -0.610. The summed E-state index contributed by atoms with van der Waals surface area (Å²) in [6, 6.07) is 0. The van der Waals surface area contributed by atoms with Crippen LogP contribution in [0.15, 0.2) is 0 Å². The molecule has 4 rings (SSSR count). The quantitative estimate of drug-likeness (QED) is 0.568. The summed E-state index contributed by atoms with van der Waals surface area (Å²) < 4.78 is 0. The maximum Gasteiger partial charge on any atom is 0.223 e. The van der Waals surface area contributed by atoms with Gasteiger partial charge in [0.2, 0.25) is 5.91 Å². The molecule has 0 radical (unpaired) electrons. The molecule has 0 aliphatic heterocycles. The van der Waals surface area contributed by atoms with Gasteiger partial charge in [0.05, 0.1) is 6.61 Å². The molecule has 0 aromatic carbocycles. The Labute approximate surface area is 102 Å². The number of amides is 1. The largest absolute Gasteiger partial charge is 0.353 e. The zero-order chi connectivity index (χ0) is 11.8. The summed E-state index contributed by atoms with van der Waals surface area (Å²) >= 11 is 0. The van der Waals surface area contributed by atoms with Crippen LogP contribution in [-0.2, 0) is 9.63 Å². The minimum absolute atomic E-state index is 0.246. The molecular formula is C13H22N2O2. The van der Waals surface area contributed by atoms with Crippen LogP contribution in [-0.4, -0.2) is 19.1 Å². The third kappa shape index (κ3) is 2.08. The molecule has 4 bridgehead atoms. The van der Waals surface area contributed by atoms with Gasteiger partial charge in [0.25, 0.3) is 0 Å². The number of rotatable bonds is 4. The third-order valence-electron chi connectivity index (χ3n) is 5.05. The van der Waals surface area contributed by atoms with Gasteiger partial charge in [-0.15, -0.1) is 0 Å². The molecule has 0 aromatic rings. The van der Waals surface area contributed by atoms with Gasteiger partial charge in [0.1, 0.15) is 0 Å². The molecule has 0 atom stereocenters. The minimum atomic E-state index is 0.246. The van der Waals surface area contributed by atoms with E-state index < -0.39 is 0 Å². The van der Waals surface area contributed by atoms with Crippen molar-refractivity contribution in [2.45, 2.75) is 32.1 Å². The second-order valence-corrected chi connectivity index (χ2v) is 6.12. The van der Waals surface area contributed by atoms with Crippen molar-refractivity contribution >= 4 is 5.91 Å². The number of carbonyl (C=O) groups is 1. The Morgan fingerprint density at radius 2 is 1.71 bits per heavy atom. The van der Waals surface area contributed by atoms with Gasteiger partial charge >= 0.3 is 0 Å². The van der Waals surface area contributed by atoms with Gasteiger partial charge in [-0.1, -0.05) is 0 Å². The Morgan fingerprint density at radius 1 is 1.12 bits per heavy atom. The first-order valence-electron chi connectivity index (χ1n) is 6.87.